The van der Waals surface area contributed by atoms with Crippen LogP contribution in [0.25, 0.3) is 11.0 Å². The number of imidazole rings is 1. The average Bonchev–Trinajstić information content (AvgIpc) is 3.17. The van der Waals surface area contributed by atoms with Gasteiger partial charge in [-0.3, -0.25) is 4.79 Å². The Bertz CT molecular complexity index is 956. The molecule has 1 amide bonds. The highest BCUT2D eigenvalue weighted by Gasteiger charge is 2.38. The van der Waals surface area contributed by atoms with Crippen LogP contribution in [0.15, 0.2) is 35.0 Å². The quantitative estimate of drug-likeness (QED) is 0.753. The number of aromatic amines is 1. The van der Waals surface area contributed by atoms with Gasteiger partial charge in [-0.1, -0.05) is 12.1 Å². The van der Waals surface area contributed by atoms with Gasteiger partial charge < -0.3 is 19.4 Å². The van der Waals surface area contributed by atoms with Crippen LogP contribution in [0.5, 0.6) is 0 Å². The van der Waals surface area contributed by atoms with Gasteiger partial charge in [0.2, 0.25) is 0 Å². The third-order valence-corrected chi connectivity index (χ3v) is 4.32. The molecule has 0 fully saturated rings. The Morgan fingerprint density at radius 1 is 1.42 bits per heavy atom. The Labute approximate surface area is 136 Å². The number of rotatable bonds is 2. The first-order valence-electron chi connectivity index (χ1n) is 7.61. The number of carbonyl (C=O) groups excluding carboxylic acids is 1. The molecule has 2 N–H and O–H groups in total. The minimum atomic E-state index is -1.10. The number of benzene rings is 1. The Balaban J connectivity index is 1.80. The van der Waals surface area contributed by atoms with Crippen LogP contribution in [0.2, 0.25) is 0 Å². The maximum absolute atomic E-state index is 13.0. The van der Waals surface area contributed by atoms with Crippen molar-refractivity contribution in [3.8, 4) is 0 Å². The van der Waals surface area contributed by atoms with Crippen molar-refractivity contribution in [2.24, 2.45) is 0 Å². The first kappa shape index (κ1) is 14.5. The van der Waals surface area contributed by atoms with Crippen molar-refractivity contribution in [2.45, 2.75) is 19.4 Å². The number of amides is 1. The maximum atomic E-state index is 13.0. The summed E-state index contributed by atoms with van der Waals surface area (Å²) in [6.07, 6.45) is 2.00. The summed E-state index contributed by atoms with van der Waals surface area (Å²) >= 11 is 0. The van der Waals surface area contributed by atoms with Crippen LogP contribution < -0.4 is 0 Å². The molecule has 24 heavy (non-hydrogen) atoms. The third-order valence-electron chi connectivity index (χ3n) is 4.32. The van der Waals surface area contributed by atoms with Crippen LogP contribution in [-0.4, -0.2) is 38.4 Å². The van der Waals surface area contributed by atoms with Crippen molar-refractivity contribution >= 4 is 22.8 Å². The number of para-hydroxylation sites is 1. The van der Waals surface area contributed by atoms with E-state index in [0.29, 0.717) is 35.6 Å². The summed E-state index contributed by atoms with van der Waals surface area (Å²) in [5.41, 5.74) is 2.01. The second kappa shape index (κ2) is 5.23. The molecule has 0 aliphatic carbocycles. The van der Waals surface area contributed by atoms with E-state index in [1.165, 1.54) is 11.2 Å². The Kier molecular flexibility index (Phi) is 3.16. The number of H-pyrrole nitrogens is 1. The van der Waals surface area contributed by atoms with E-state index in [2.05, 4.69) is 9.97 Å². The fourth-order valence-corrected chi connectivity index (χ4v) is 3.26. The zero-order valence-electron chi connectivity index (χ0n) is 12.9. The fraction of sp³-hybridized carbons (Fsp3) is 0.235. The van der Waals surface area contributed by atoms with Crippen LogP contribution in [0.3, 0.4) is 0 Å². The molecule has 1 atom stereocenters. The van der Waals surface area contributed by atoms with E-state index >= 15 is 0 Å². The number of aromatic nitrogens is 2. The number of hydrogen-bond acceptors (Lipinski definition) is 4. The summed E-state index contributed by atoms with van der Waals surface area (Å²) in [5, 5.41) is 10.4. The maximum Gasteiger partial charge on any atom is 0.332 e. The molecule has 4 rings (SSSR count). The first-order chi connectivity index (χ1) is 11.6. The number of fused-ring (bicyclic) bond motifs is 2. The second-order valence-corrected chi connectivity index (χ2v) is 5.84. The second-order valence-electron chi connectivity index (χ2n) is 5.84. The number of carboxylic acids is 1. The molecule has 0 spiro atoms. The lowest BCUT2D eigenvalue weighted by atomic mass is 10.0. The zero-order valence-corrected chi connectivity index (χ0v) is 12.9. The van der Waals surface area contributed by atoms with Crippen molar-refractivity contribution < 1.29 is 19.1 Å². The summed E-state index contributed by atoms with van der Waals surface area (Å²) in [6.45, 7) is 2.12. The van der Waals surface area contributed by atoms with Gasteiger partial charge in [0.15, 0.2) is 6.04 Å². The van der Waals surface area contributed by atoms with E-state index in [0.717, 1.165) is 11.1 Å². The molecule has 1 aromatic carbocycles. The average molecular weight is 325 g/mol. The number of carbonyl (C=O) groups is 2. The van der Waals surface area contributed by atoms with Crippen LogP contribution in [0.4, 0.5) is 0 Å². The molecule has 122 valence electrons. The van der Waals surface area contributed by atoms with Gasteiger partial charge >= 0.3 is 5.97 Å². The van der Waals surface area contributed by atoms with Crippen LogP contribution in [-0.2, 0) is 11.2 Å². The van der Waals surface area contributed by atoms with Gasteiger partial charge in [0.25, 0.3) is 5.91 Å². The van der Waals surface area contributed by atoms with E-state index in [4.69, 9.17) is 4.42 Å². The predicted molar refractivity (Wildman–Crippen MR) is 84.7 cm³/mol. The highest BCUT2D eigenvalue weighted by atomic mass is 16.4. The van der Waals surface area contributed by atoms with Crippen LogP contribution in [0.1, 0.15) is 33.5 Å². The minimum absolute atomic E-state index is 0.307. The molecular formula is C17H15N3O4. The molecule has 1 unspecified atom stereocenters. The Morgan fingerprint density at radius 2 is 2.25 bits per heavy atom. The molecule has 7 heteroatoms. The summed E-state index contributed by atoms with van der Waals surface area (Å²) in [6, 6.07) is 6.04. The van der Waals surface area contributed by atoms with E-state index in [1.807, 2.05) is 19.1 Å². The van der Waals surface area contributed by atoms with Gasteiger partial charge in [-0.15, -0.1) is 0 Å². The smallest absolute Gasteiger partial charge is 0.332 e. The number of nitrogens with one attached hydrogen (secondary N) is 1. The Hall–Kier alpha value is -3.09. The molecule has 3 aromatic rings. The van der Waals surface area contributed by atoms with E-state index in [1.54, 1.807) is 12.1 Å². The van der Waals surface area contributed by atoms with Gasteiger partial charge in [-0.2, -0.15) is 0 Å². The van der Waals surface area contributed by atoms with Gasteiger partial charge in [0.1, 0.15) is 11.3 Å². The molecule has 0 bridgehead atoms. The molecule has 7 nitrogen and oxygen atoms in total. The van der Waals surface area contributed by atoms with Gasteiger partial charge in [0, 0.05) is 24.0 Å². The van der Waals surface area contributed by atoms with Gasteiger partial charge in [-0.25, -0.2) is 9.78 Å². The predicted octanol–water partition coefficient (Wildman–Crippen LogP) is 2.29. The summed E-state index contributed by atoms with van der Waals surface area (Å²) < 4.78 is 5.64. The van der Waals surface area contributed by atoms with Gasteiger partial charge in [-0.05, 0) is 19.1 Å². The topological polar surface area (TPSA) is 99.4 Å². The summed E-state index contributed by atoms with van der Waals surface area (Å²) in [5.74, 6) is -0.761. The number of aryl methyl sites for hydroxylation is 1. The van der Waals surface area contributed by atoms with Crippen LogP contribution in [0, 0.1) is 6.92 Å². The molecule has 0 saturated carbocycles. The van der Waals surface area contributed by atoms with Gasteiger partial charge in [0.05, 0.1) is 17.6 Å². The summed E-state index contributed by atoms with van der Waals surface area (Å²) in [4.78, 5) is 33.2. The van der Waals surface area contributed by atoms with E-state index in [9.17, 15) is 14.7 Å². The lowest BCUT2D eigenvalue weighted by Crippen LogP contribution is -2.43. The molecule has 0 saturated heterocycles. The lowest BCUT2D eigenvalue weighted by molar-refractivity contribution is -0.143. The first-order valence-corrected chi connectivity index (χ1v) is 7.61. The van der Waals surface area contributed by atoms with E-state index < -0.39 is 12.0 Å². The number of hydrogen-bond donors (Lipinski definition) is 2. The highest BCUT2D eigenvalue weighted by molar-refractivity contribution is 6.06. The number of carboxylic acid groups (broad SMARTS) is 1. The SMILES string of the molecule is Cc1cc2cccc(C(=O)N3CCc4[nH]cnc4C3C(=O)O)c2o1. The standard InChI is InChI=1S/C17H15N3O4/c1-9-7-10-3-2-4-11(15(10)24-9)16(21)20-6-5-12-13(19-8-18-12)14(20)17(22)23/h2-4,7-8,14H,5-6H2,1H3,(H,18,19)(H,22,23). The molecule has 2 aromatic heterocycles. The third kappa shape index (κ3) is 2.09. The fourth-order valence-electron chi connectivity index (χ4n) is 3.26. The molecule has 3 heterocycles. The van der Waals surface area contributed by atoms with Crippen molar-refractivity contribution in [3.05, 3.63) is 53.3 Å². The minimum Gasteiger partial charge on any atom is -0.479 e. The van der Waals surface area contributed by atoms with Crippen LogP contribution >= 0.6 is 0 Å². The van der Waals surface area contributed by atoms with Crippen molar-refractivity contribution in [1.82, 2.24) is 14.9 Å². The largest absolute Gasteiger partial charge is 0.479 e. The van der Waals surface area contributed by atoms with Crippen molar-refractivity contribution in [1.29, 1.82) is 0 Å². The summed E-state index contributed by atoms with van der Waals surface area (Å²) in [7, 11) is 0. The molecular weight excluding hydrogens is 310 g/mol. The van der Waals surface area contributed by atoms with Crippen molar-refractivity contribution in [3.63, 3.8) is 0 Å². The highest BCUT2D eigenvalue weighted by Crippen LogP contribution is 2.31. The normalized spacial score (nSPS) is 17.0. The number of nitrogens with zero attached hydrogens (tertiary/aromatic N) is 2. The zero-order chi connectivity index (χ0) is 16.8. The number of furan rings is 1. The Morgan fingerprint density at radius 3 is 3.04 bits per heavy atom. The van der Waals surface area contributed by atoms with Crippen molar-refractivity contribution in [2.75, 3.05) is 6.54 Å². The molecule has 0 radical (unpaired) electrons. The number of aliphatic carboxylic acids is 1. The van der Waals surface area contributed by atoms with E-state index in [-0.39, 0.29) is 5.91 Å². The lowest BCUT2D eigenvalue weighted by Gasteiger charge is -2.32. The molecule has 1 aliphatic rings. The monoisotopic (exact) mass is 325 g/mol. The molecule has 1 aliphatic heterocycles.